The van der Waals surface area contributed by atoms with Crippen LogP contribution >= 0.6 is 11.3 Å². The molecule has 0 bridgehead atoms. The number of carbonyl (C=O) groups excluding carboxylic acids is 3. The highest BCUT2D eigenvalue weighted by Gasteiger charge is 2.52. The maximum absolute atomic E-state index is 12.6. The number of aryl methyl sites for hydroxylation is 1. The van der Waals surface area contributed by atoms with Crippen LogP contribution in [-0.2, 0) is 22.4 Å². The molecule has 1 saturated heterocycles. The van der Waals surface area contributed by atoms with E-state index in [2.05, 4.69) is 22.5 Å². The number of aromatic nitrogens is 1. The van der Waals surface area contributed by atoms with Crippen LogP contribution in [0.25, 0.3) is 0 Å². The molecule has 1 aromatic rings. The van der Waals surface area contributed by atoms with E-state index in [-0.39, 0.29) is 18.4 Å². The molecule has 4 rings (SSSR count). The second-order valence-corrected chi connectivity index (χ2v) is 8.48. The van der Waals surface area contributed by atoms with Gasteiger partial charge >= 0.3 is 6.03 Å². The number of rotatable bonds is 3. The molecule has 1 aromatic heterocycles. The van der Waals surface area contributed by atoms with Gasteiger partial charge in [0, 0.05) is 4.88 Å². The topological polar surface area (TPSA) is 91.4 Å². The number of fused-ring (bicyclic) bond motifs is 1. The number of nitrogens with one attached hydrogen (secondary N) is 2. The standard InChI is InChI=1S/C17H22N4O3S/c1-10-4-5-11-12(8-10)25-15(18-11)19-13(22)9-21-14(23)17(20-16(21)24)6-2-3-7-17/h10H,2-9H2,1H3,(H,20,24)(H,18,19,22). The Morgan fingerprint density at radius 3 is 2.92 bits per heavy atom. The summed E-state index contributed by atoms with van der Waals surface area (Å²) in [5.41, 5.74) is 0.298. The summed E-state index contributed by atoms with van der Waals surface area (Å²) >= 11 is 1.50. The van der Waals surface area contributed by atoms with Crippen molar-refractivity contribution in [1.29, 1.82) is 0 Å². The summed E-state index contributed by atoms with van der Waals surface area (Å²) in [6, 6.07) is -0.464. The van der Waals surface area contributed by atoms with E-state index in [1.165, 1.54) is 16.2 Å². The van der Waals surface area contributed by atoms with Crippen molar-refractivity contribution in [2.75, 3.05) is 11.9 Å². The lowest BCUT2D eigenvalue weighted by Crippen LogP contribution is -2.44. The van der Waals surface area contributed by atoms with Crippen LogP contribution in [-0.4, -0.2) is 39.8 Å². The third kappa shape index (κ3) is 2.92. The first kappa shape index (κ1) is 16.5. The summed E-state index contributed by atoms with van der Waals surface area (Å²) in [4.78, 5) is 43.8. The van der Waals surface area contributed by atoms with Gasteiger partial charge in [-0.3, -0.25) is 14.5 Å². The molecule has 1 saturated carbocycles. The number of nitrogens with zero attached hydrogens (tertiary/aromatic N) is 2. The Kier molecular flexibility index (Phi) is 4.02. The summed E-state index contributed by atoms with van der Waals surface area (Å²) in [5, 5.41) is 6.10. The van der Waals surface area contributed by atoms with E-state index in [9.17, 15) is 14.4 Å². The predicted molar refractivity (Wildman–Crippen MR) is 93.4 cm³/mol. The second kappa shape index (κ2) is 6.09. The van der Waals surface area contributed by atoms with Crippen LogP contribution in [0.15, 0.2) is 0 Å². The number of urea groups is 1. The van der Waals surface area contributed by atoms with Crippen LogP contribution in [0, 0.1) is 5.92 Å². The van der Waals surface area contributed by atoms with Crippen LogP contribution in [0.5, 0.6) is 0 Å². The zero-order chi connectivity index (χ0) is 17.6. The van der Waals surface area contributed by atoms with E-state index in [0.29, 0.717) is 23.9 Å². The van der Waals surface area contributed by atoms with Crippen LogP contribution in [0.4, 0.5) is 9.93 Å². The Balaban J connectivity index is 1.41. The fourth-order valence-corrected chi connectivity index (χ4v) is 5.22. The van der Waals surface area contributed by atoms with Gasteiger partial charge in [-0.05, 0) is 38.0 Å². The number of imide groups is 1. The Bertz CT molecular complexity index is 738. The molecular formula is C17H22N4O3S. The number of hydrogen-bond donors (Lipinski definition) is 2. The first-order chi connectivity index (χ1) is 12.0. The van der Waals surface area contributed by atoms with E-state index in [1.807, 2.05) is 0 Å². The number of carbonyl (C=O) groups is 3. The summed E-state index contributed by atoms with van der Waals surface area (Å²) in [7, 11) is 0. The van der Waals surface area contributed by atoms with Gasteiger partial charge in [0.2, 0.25) is 5.91 Å². The van der Waals surface area contributed by atoms with Gasteiger partial charge in [-0.1, -0.05) is 19.8 Å². The minimum Gasteiger partial charge on any atom is -0.323 e. The number of anilines is 1. The molecule has 7 nitrogen and oxygen atoms in total. The van der Waals surface area contributed by atoms with E-state index in [4.69, 9.17) is 0 Å². The lowest BCUT2D eigenvalue weighted by Gasteiger charge is -2.19. The predicted octanol–water partition coefficient (Wildman–Crippen LogP) is 2.07. The third-order valence-corrected chi connectivity index (χ3v) is 6.47. The van der Waals surface area contributed by atoms with Crippen molar-refractivity contribution >= 4 is 34.3 Å². The van der Waals surface area contributed by atoms with Crippen molar-refractivity contribution < 1.29 is 14.4 Å². The minimum absolute atomic E-state index is 0.257. The molecule has 1 atom stereocenters. The van der Waals surface area contributed by atoms with Gasteiger partial charge in [0.15, 0.2) is 5.13 Å². The van der Waals surface area contributed by atoms with Gasteiger partial charge in [-0.2, -0.15) is 0 Å². The molecule has 2 N–H and O–H groups in total. The van der Waals surface area contributed by atoms with Crippen molar-refractivity contribution in [1.82, 2.24) is 15.2 Å². The third-order valence-electron chi connectivity index (χ3n) is 5.44. The quantitative estimate of drug-likeness (QED) is 0.805. The minimum atomic E-state index is -0.770. The highest BCUT2D eigenvalue weighted by molar-refractivity contribution is 7.15. The molecule has 0 aromatic carbocycles. The average Bonchev–Trinajstić information content (AvgIpc) is 3.23. The molecule has 1 aliphatic heterocycles. The number of thiazole rings is 1. The SMILES string of the molecule is CC1CCc2nc(NC(=O)CN3C(=O)NC4(CCCC4)C3=O)sc2C1. The van der Waals surface area contributed by atoms with Crippen molar-refractivity contribution in [2.45, 2.75) is 57.4 Å². The van der Waals surface area contributed by atoms with E-state index in [1.54, 1.807) is 0 Å². The van der Waals surface area contributed by atoms with Gasteiger partial charge < -0.3 is 10.6 Å². The maximum Gasteiger partial charge on any atom is 0.325 e. The molecule has 2 heterocycles. The molecule has 1 unspecified atom stereocenters. The number of amides is 4. The first-order valence-corrected chi connectivity index (χ1v) is 9.71. The summed E-state index contributed by atoms with van der Waals surface area (Å²) < 4.78 is 0. The van der Waals surface area contributed by atoms with Crippen LogP contribution in [0.2, 0.25) is 0 Å². The maximum atomic E-state index is 12.6. The molecule has 1 spiro atoms. The molecule has 0 radical (unpaired) electrons. The van der Waals surface area contributed by atoms with Crippen molar-refractivity contribution in [3.8, 4) is 0 Å². The molecule has 8 heteroatoms. The first-order valence-electron chi connectivity index (χ1n) is 8.89. The Hall–Kier alpha value is -1.96. The van der Waals surface area contributed by atoms with Crippen LogP contribution < -0.4 is 10.6 Å². The highest BCUT2D eigenvalue weighted by Crippen LogP contribution is 2.35. The van der Waals surface area contributed by atoms with Crippen molar-refractivity contribution in [3.63, 3.8) is 0 Å². The largest absolute Gasteiger partial charge is 0.325 e. The van der Waals surface area contributed by atoms with E-state index >= 15 is 0 Å². The molecule has 25 heavy (non-hydrogen) atoms. The summed E-state index contributed by atoms with van der Waals surface area (Å²) in [5.74, 6) is 0.000111. The van der Waals surface area contributed by atoms with Crippen molar-refractivity contribution in [2.24, 2.45) is 5.92 Å². The highest BCUT2D eigenvalue weighted by atomic mass is 32.1. The average molecular weight is 362 g/mol. The second-order valence-electron chi connectivity index (χ2n) is 7.40. The summed E-state index contributed by atoms with van der Waals surface area (Å²) in [6.07, 6.45) is 6.23. The molecular weight excluding hydrogens is 340 g/mol. The van der Waals surface area contributed by atoms with Crippen LogP contribution in [0.1, 0.15) is 49.6 Å². The van der Waals surface area contributed by atoms with Crippen LogP contribution in [0.3, 0.4) is 0 Å². The molecule has 2 aliphatic carbocycles. The van der Waals surface area contributed by atoms with Crippen molar-refractivity contribution in [3.05, 3.63) is 10.6 Å². The summed E-state index contributed by atoms with van der Waals surface area (Å²) in [6.45, 7) is 1.96. The molecule has 4 amide bonds. The smallest absolute Gasteiger partial charge is 0.323 e. The zero-order valence-electron chi connectivity index (χ0n) is 14.3. The zero-order valence-corrected chi connectivity index (χ0v) is 15.1. The van der Waals surface area contributed by atoms with Gasteiger partial charge in [0.05, 0.1) is 5.69 Å². The van der Waals surface area contributed by atoms with Gasteiger partial charge in [-0.15, -0.1) is 11.3 Å². The molecule has 3 aliphatic rings. The van der Waals surface area contributed by atoms with E-state index in [0.717, 1.165) is 42.7 Å². The fraction of sp³-hybridized carbons (Fsp3) is 0.647. The fourth-order valence-electron chi connectivity index (χ4n) is 4.03. The lowest BCUT2D eigenvalue weighted by molar-refractivity contribution is -0.133. The van der Waals surface area contributed by atoms with Gasteiger partial charge in [-0.25, -0.2) is 9.78 Å². The molecule has 134 valence electrons. The lowest BCUT2D eigenvalue weighted by atomic mass is 9.93. The monoisotopic (exact) mass is 362 g/mol. The van der Waals surface area contributed by atoms with E-state index < -0.39 is 11.6 Å². The van der Waals surface area contributed by atoms with Gasteiger partial charge in [0.25, 0.3) is 5.91 Å². The molecule has 2 fully saturated rings. The Morgan fingerprint density at radius 1 is 1.40 bits per heavy atom. The Morgan fingerprint density at radius 2 is 2.16 bits per heavy atom. The normalized spacial score (nSPS) is 24.5. The Labute approximate surface area is 150 Å². The number of hydrogen-bond acceptors (Lipinski definition) is 5. The van der Waals surface area contributed by atoms with Gasteiger partial charge in [0.1, 0.15) is 12.1 Å².